The minimum atomic E-state index is -4.57. The summed E-state index contributed by atoms with van der Waals surface area (Å²) in [6.07, 6.45) is 0. The van der Waals surface area contributed by atoms with Gasteiger partial charge in [-0.2, -0.15) is 16.8 Å². The fourth-order valence-corrected chi connectivity index (χ4v) is 3.84. The third kappa shape index (κ3) is 7.30. The summed E-state index contributed by atoms with van der Waals surface area (Å²) < 4.78 is 64.1. The number of nitrogens with zero attached hydrogens (tertiary/aromatic N) is 3. The molecule has 36 heavy (non-hydrogen) atoms. The first kappa shape index (κ1) is 27.2. The minimum Gasteiger partial charge on any atom is -0.319 e. The first-order valence-electron chi connectivity index (χ1n) is 9.50. The molecule has 0 radical (unpaired) electrons. The highest BCUT2D eigenvalue weighted by Crippen LogP contribution is 2.29. The maximum atomic E-state index is 12.8. The van der Waals surface area contributed by atoms with Crippen LogP contribution in [0, 0.1) is 0 Å². The van der Waals surface area contributed by atoms with Crippen molar-refractivity contribution in [3.05, 3.63) is 76.8 Å². The van der Waals surface area contributed by atoms with E-state index in [2.05, 4.69) is 26.1 Å². The molecule has 0 aliphatic rings. The van der Waals surface area contributed by atoms with Gasteiger partial charge in [0.05, 0.1) is 25.5 Å². The van der Waals surface area contributed by atoms with Crippen molar-refractivity contribution in [2.75, 3.05) is 10.7 Å². The molecule has 1 amide bonds. The van der Waals surface area contributed by atoms with Crippen LogP contribution in [0.3, 0.4) is 0 Å². The van der Waals surface area contributed by atoms with Gasteiger partial charge in [0.25, 0.3) is 32.0 Å². The Hall–Kier alpha value is -3.40. The number of hydrazone groups is 1. The molecule has 0 aromatic heterocycles. The second-order valence-corrected chi connectivity index (χ2v) is 10.4. The van der Waals surface area contributed by atoms with Gasteiger partial charge >= 0.3 is 0 Å². The number of halogens is 2. The van der Waals surface area contributed by atoms with Crippen molar-refractivity contribution in [2.45, 2.75) is 9.79 Å². The van der Waals surface area contributed by atoms with Crippen LogP contribution >= 0.6 is 23.2 Å². The highest BCUT2D eigenvalue weighted by Gasteiger charge is 2.16. The molecule has 3 aromatic carbocycles. The van der Waals surface area contributed by atoms with Gasteiger partial charge in [0.15, 0.2) is 0 Å². The summed E-state index contributed by atoms with van der Waals surface area (Å²) in [5, 5.41) is 13.7. The molecule has 0 atom stereocenters. The van der Waals surface area contributed by atoms with Crippen LogP contribution in [0.15, 0.2) is 91.9 Å². The Morgan fingerprint density at radius 2 is 1.39 bits per heavy atom. The first-order chi connectivity index (χ1) is 16.8. The van der Waals surface area contributed by atoms with Gasteiger partial charge in [-0.1, -0.05) is 41.4 Å². The van der Waals surface area contributed by atoms with Gasteiger partial charge in [-0.05, 0) is 48.5 Å². The summed E-state index contributed by atoms with van der Waals surface area (Å²) in [5.74, 6) is -1.48. The topological polar surface area (TPSA) is 187 Å². The maximum absolute atomic E-state index is 12.8. The molecule has 0 unspecified atom stereocenters. The molecule has 188 valence electrons. The molecule has 0 saturated heterocycles. The number of rotatable bonds is 6. The number of anilines is 2. The van der Waals surface area contributed by atoms with E-state index < -0.39 is 41.8 Å². The number of hydrogen-bond donors (Lipinski definition) is 4. The lowest BCUT2D eigenvalue weighted by Crippen LogP contribution is -2.22. The predicted octanol–water partition coefficient (Wildman–Crippen LogP) is 4.63. The molecule has 0 spiro atoms. The van der Waals surface area contributed by atoms with Crippen molar-refractivity contribution < 1.29 is 30.7 Å². The lowest BCUT2D eigenvalue weighted by molar-refractivity contribution is -0.110. The minimum absolute atomic E-state index is 0.00481. The normalized spacial score (nSPS) is 12.5. The number of benzene rings is 3. The van der Waals surface area contributed by atoms with Gasteiger partial charge in [-0.3, -0.25) is 19.3 Å². The molecule has 3 aromatic rings. The largest absolute Gasteiger partial charge is 0.319 e. The second-order valence-electron chi connectivity index (χ2n) is 6.77. The molecule has 3 rings (SSSR count). The van der Waals surface area contributed by atoms with E-state index in [4.69, 9.17) is 23.2 Å². The summed E-state index contributed by atoms with van der Waals surface area (Å²) >= 11 is 12.0. The third-order valence-electron chi connectivity index (χ3n) is 4.22. The van der Waals surface area contributed by atoms with Crippen LogP contribution in [0.2, 0.25) is 10.0 Å². The second kappa shape index (κ2) is 11.1. The van der Waals surface area contributed by atoms with Gasteiger partial charge < -0.3 is 5.32 Å². The fourth-order valence-electron chi connectivity index (χ4n) is 2.52. The molecule has 0 heterocycles. The van der Waals surface area contributed by atoms with E-state index in [0.29, 0.717) is 5.69 Å². The van der Waals surface area contributed by atoms with Crippen molar-refractivity contribution in [3.63, 3.8) is 0 Å². The molecule has 0 fully saturated rings. The number of hydrogen-bond acceptors (Lipinski definition) is 8. The van der Waals surface area contributed by atoms with Crippen LogP contribution in [-0.4, -0.2) is 37.7 Å². The van der Waals surface area contributed by atoms with E-state index in [-0.39, 0.29) is 21.4 Å². The Morgan fingerprint density at radius 3 is 2.00 bits per heavy atom. The van der Waals surface area contributed by atoms with Crippen LogP contribution < -0.4 is 10.7 Å². The molecule has 0 bridgehead atoms. The Morgan fingerprint density at radius 1 is 0.806 bits per heavy atom. The zero-order valence-electron chi connectivity index (χ0n) is 17.7. The van der Waals surface area contributed by atoms with Crippen LogP contribution in [0.25, 0.3) is 0 Å². The van der Waals surface area contributed by atoms with E-state index in [1.54, 1.807) is 30.3 Å². The van der Waals surface area contributed by atoms with E-state index in [0.717, 1.165) is 30.3 Å². The standard InChI is InChI=1S/C20H15Cl2N5O7S2/c21-15-8-6-13(35(29,30)31)10-17(15)24-26-19(20(28)23-12-4-2-1-3-5-12)27-25-18-11-14(36(32,33)34)7-9-16(18)22/h1-11,24H,(H,23,28)(H,29,30,31)(H,32,33,34). The number of carbonyl (C=O) groups excluding carboxylic acids is 1. The van der Waals surface area contributed by atoms with Gasteiger partial charge in [0, 0.05) is 5.69 Å². The van der Waals surface area contributed by atoms with Gasteiger partial charge in [-0.15, -0.1) is 15.3 Å². The lowest BCUT2D eigenvalue weighted by Gasteiger charge is -2.08. The number of nitrogens with one attached hydrogen (secondary N) is 2. The van der Waals surface area contributed by atoms with Crippen molar-refractivity contribution >= 4 is 72.2 Å². The Balaban J connectivity index is 2.00. The first-order valence-corrected chi connectivity index (χ1v) is 13.1. The van der Waals surface area contributed by atoms with Gasteiger partial charge in [-0.25, -0.2) is 0 Å². The molecule has 12 nitrogen and oxygen atoms in total. The van der Waals surface area contributed by atoms with Crippen molar-refractivity contribution in [1.82, 2.24) is 0 Å². The smallest absolute Gasteiger partial charge is 0.297 e. The number of para-hydroxylation sites is 1. The van der Waals surface area contributed by atoms with Crippen LogP contribution in [0.4, 0.5) is 17.1 Å². The zero-order chi connectivity index (χ0) is 26.5. The highest BCUT2D eigenvalue weighted by molar-refractivity contribution is 7.86. The summed E-state index contributed by atoms with van der Waals surface area (Å²) in [6, 6.07) is 14.5. The highest BCUT2D eigenvalue weighted by atomic mass is 35.5. The summed E-state index contributed by atoms with van der Waals surface area (Å²) in [4.78, 5) is 11.8. The lowest BCUT2D eigenvalue weighted by atomic mass is 10.3. The summed E-state index contributed by atoms with van der Waals surface area (Å²) in [5.41, 5.74) is 2.45. The number of amidine groups is 1. The van der Waals surface area contributed by atoms with E-state index in [9.17, 15) is 30.7 Å². The zero-order valence-corrected chi connectivity index (χ0v) is 20.8. The summed E-state index contributed by atoms with van der Waals surface area (Å²) in [7, 11) is -9.13. The number of amides is 1. The average molecular weight is 572 g/mol. The quantitative estimate of drug-likeness (QED) is 0.108. The van der Waals surface area contributed by atoms with Crippen molar-refractivity contribution in [2.24, 2.45) is 15.3 Å². The van der Waals surface area contributed by atoms with Crippen LogP contribution in [0.1, 0.15) is 0 Å². The number of carbonyl (C=O) groups is 1. The predicted molar refractivity (Wildman–Crippen MR) is 133 cm³/mol. The summed E-state index contributed by atoms with van der Waals surface area (Å²) in [6.45, 7) is 0. The Kier molecular flexibility index (Phi) is 8.39. The van der Waals surface area contributed by atoms with Crippen LogP contribution in [0.5, 0.6) is 0 Å². The Bertz CT molecular complexity index is 1580. The van der Waals surface area contributed by atoms with Crippen molar-refractivity contribution in [1.29, 1.82) is 0 Å². The Labute approximate surface area is 215 Å². The van der Waals surface area contributed by atoms with E-state index in [1.165, 1.54) is 6.07 Å². The van der Waals surface area contributed by atoms with Gasteiger partial charge in [0.2, 0.25) is 0 Å². The van der Waals surface area contributed by atoms with Gasteiger partial charge in [0.1, 0.15) is 5.69 Å². The molecule has 0 aliphatic heterocycles. The van der Waals surface area contributed by atoms with E-state index >= 15 is 0 Å². The van der Waals surface area contributed by atoms with Crippen molar-refractivity contribution in [3.8, 4) is 0 Å². The maximum Gasteiger partial charge on any atom is 0.297 e. The number of azo groups is 1. The fraction of sp³-hybridized carbons (Fsp3) is 0. The third-order valence-corrected chi connectivity index (χ3v) is 6.57. The molecule has 0 aliphatic carbocycles. The van der Waals surface area contributed by atoms with E-state index in [1.807, 2.05) is 0 Å². The average Bonchev–Trinajstić information content (AvgIpc) is 2.80. The monoisotopic (exact) mass is 571 g/mol. The molecule has 0 saturated carbocycles. The van der Waals surface area contributed by atoms with Crippen LogP contribution in [-0.2, 0) is 25.0 Å². The molecule has 4 N–H and O–H groups in total. The molecular formula is C20H15Cl2N5O7S2. The SMILES string of the molecule is O=C(Nc1ccccc1)C(N=Nc1cc(S(=O)(=O)O)ccc1Cl)=NNc1cc(S(=O)(=O)O)ccc1Cl. The molecule has 16 heteroatoms. The molecular weight excluding hydrogens is 557 g/mol.